The normalized spacial score (nSPS) is 13.1. The average molecular weight is 391 g/mol. The predicted octanol–water partition coefficient (Wildman–Crippen LogP) is 8.48. The lowest BCUT2D eigenvalue weighted by Crippen LogP contribution is -2.17. The number of ether oxygens (including phenoxy) is 1. The molecule has 0 aliphatic heterocycles. The predicted molar refractivity (Wildman–Crippen MR) is 124 cm³/mol. The number of carbonyl (C=O) groups excluding carboxylic acids is 1. The zero-order valence-electron chi connectivity index (χ0n) is 19.0. The van der Waals surface area contributed by atoms with Gasteiger partial charge in [-0.05, 0) is 57.8 Å². The van der Waals surface area contributed by atoms with E-state index in [0.717, 1.165) is 44.9 Å². The Morgan fingerprint density at radius 1 is 0.750 bits per heavy atom. The smallest absolute Gasteiger partial charge is 0.306 e. The Bertz CT molecular complexity index is 420. The molecule has 0 amide bonds. The maximum Gasteiger partial charge on any atom is 0.306 e. The molecule has 1 unspecified atom stereocenters. The topological polar surface area (TPSA) is 26.3 Å². The first-order chi connectivity index (χ1) is 13.7. The van der Waals surface area contributed by atoms with E-state index >= 15 is 0 Å². The van der Waals surface area contributed by atoms with Gasteiger partial charge in [-0.2, -0.15) is 0 Å². The van der Waals surface area contributed by atoms with Gasteiger partial charge in [0, 0.05) is 6.42 Å². The van der Waals surface area contributed by atoms with Crippen LogP contribution in [-0.4, -0.2) is 12.1 Å². The van der Waals surface area contributed by atoms with Crippen LogP contribution in [0.2, 0.25) is 0 Å². The zero-order chi connectivity index (χ0) is 20.7. The largest absolute Gasteiger partial charge is 0.462 e. The quantitative estimate of drug-likeness (QED) is 0.125. The first kappa shape index (κ1) is 26.7. The van der Waals surface area contributed by atoms with Crippen LogP contribution in [0, 0.1) is 0 Å². The number of unbranched alkanes of at least 4 members (excludes halogenated alkanes) is 7. The van der Waals surface area contributed by atoms with E-state index in [0.29, 0.717) is 6.42 Å². The summed E-state index contributed by atoms with van der Waals surface area (Å²) in [5.74, 6) is 0.00419. The minimum Gasteiger partial charge on any atom is -0.462 e. The molecule has 0 rings (SSSR count). The second-order valence-electron chi connectivity index (χ2n) is 7.62. The molecule has 162 valence electrons. The first-order valence-electron chi connectivity index (χ1n) is 11.9. The van der Waals surface area contributed by atoms with Crippen molar-refractivity contribution < 1.29 is 9.53 Å². The summed E-state index contributed by atoms with van der Waals surface area (Å²) in [5.41, 5.74) is 0. The lowest BCUT2D eigenvalue weighted by atomic mass is 10.1. The molecular formula is C26H46O2. The molecule has 0 heterocycles. The van der Waals surface area contributed by atoms with Crippen molar-refractivity contribution >= 4 is 5.97 Å². The summed E-state index contributed by atoms with van der Waals surface area (Å²) >= 11 is 0. The molecule has 0 saturated heterocycles. The molecule has 0 fully saturated rings. The maximum absolute atomic E-state index is 11.9. The highest BCUT2D eigenvalue weighted by Crippen LogP contribution is 2.13. The third-order valence-corrected chi connectivity index (χ3v) is 4.91. The Balaban J connectivity index is 3.49. The second-order valence-corrected chi connectivity index (χ2v) is 7.62. The molecule has 0 bridgehead atoms. The molecule has 0 aromatic heterocycles. The number of esters is 1. The van der Waals surface area contributed by atoms with Gasteiger partial charge < -0.3 is 4.74 Å². The van der Waals surface area contributed by atoms with Crippen LogP contribution >= 0.6 is 0 Å². The van der Waals surface area contributed by atoms with Gasteiger partial charge in [0.15, 0.2) is 0 Å². The van der Waals surface area contributed by atoms with Gasteiger partial charge in [-0.1, -0.05) is 89.3 Å². The molecule has 0 N–H and O–H groups in total. The summed E-state index contributed by atoms with van der Waals surface area (Å²) in [6, 6.07) is 0. The van der Waals surface area contributed by atoms with E-state index in [4.69, 9.17) is 4.74 Å². The fourth-order valence-corrected chi connectivity index (χ4v) is 3.10. The number of rotatable bonds is 19. The van der Waals surface area contributed by atoms with Crippen LogP contribution in [-0.2, 0) is 9.53 Å². The van der Waals surface area contributed by atoms with E-state index in [2.05, 4.69) is 57.2 Å². The second kappa shape index (κ2) is 22.0. The van der Waals surface area contributed by atoms with Crippen LogP contribution < -0.4 is 0 Å². The molecular weight excluding hydrogens is 344 g/mol. The van der Waals surface area contributed by atoms with Crippen molar-refractivity contribution in [3.8, 4) is 0 Å². The Morgan fingerprint density at radius 2 is 1.39 bits per heavy atom. The molecule has 2 nitrogen and oxygen atoms in total. The summed E-state index contributed by atoms with van der Waals surface area (Å²) in [4.78, 5) is 11.9. The van der Waals surface area contributed by atoms with Crippen LogP contribution in [0.4, 0.5) is 0 Å². The summed E-state index contributed by atoms with van der Waals surface area (Å²) < 4.78 is 5.61. The van der Waals surface area contributed by atoms with Gasteiger partial charge in [0.1, 0.15) is 6.10 Å². The minimum atomic E-state index is 0.00419. The summed E-state index contributed by atoms with van der Waals surface area (Å²) in [5, 5.41) is 0. The highest BCUT2D eigenvalue weighted by atomic mass is 16.5. The third-order valence-electron chi connectivity index (χ3n) is 4.91. The fourth-order valence-electron chi connectivity index (χ4n) is 3.10. The van der Waals surface area contributed by atoms with Crippen molar-refractivity contribution in [2.45, 2.75) is 123 Å². The number of hydrogen-bond donors (Lipinski definition) is 0. The summed E-state index contributed by atoms with van der Waals surface area (Å²) in [6.07, 6.45) is 30.0. The average Bonchev–Trinajstić information content (AvgIpc) is 2.70. The van der Waals surface area contributed by atoms with Crippen molar-refractivity contribution in [3.05, 3.63) is 36.5 Å². The maximum atomic E-state index is 11.9. The van der Waals surface area contributed by atoms with E-state index in [1.54, 1.807) is 0 Å². The SMILES string of the molecule is CC/C=C\C/C=C\C/C=C\CCCCCCCC(=O)OC(CC)CCCCC. The third kappa shape index (κ3) is 19.5. The molecule has 0 aromatic carbocycles. The molecule has 0 aliphatic rings. The van der Waals surface area contributed by atoms with E-state index in [1.165, 1.54) is 44.9 Å². The molecule has 0 radical (unpaired) electrons. The van der Waals surface area contributed by atoms with Gasteiger partial charge in [-0.3, -0.25) is 4.79 Å². The first-order valence-corrected chi connectivity index (χ1v) is 11.9. The van der Waals surface area contributed by atoms with E-state index < -0.39 is 0 Å². The van der Waals surface area contributed by atoms with Crippen LogP contribution in [0.3, 0.4) is 0 Å². The van der Waals surface area contributed by atoms with Gasteiger partial charge >= 0.3 is 5.97 Å². The number of allylic oxidation sites excluding steroid dienone is 6. The van der Waals surface area contributed by atoms with E-state index in [1.807, 2.05) is 0 Å². The van der Waals surface area contributed by atoms with Crippen molar-refractivity contribution in [2.75, 3.05) is 0 Å². The van der Waals surface area contributed by atoms with Gasteiger partial charge in [0.2, 0.25) is 0 Å². The Hall–Kier alpha value is -1.31. The monoisotopic (exact) mass is 390 g/mol. The fraction of sp³-hybridized carbons (Fsp3) is 0.731. The van der Waals surface area contributed by atoms with E-state index in [9.17, 15) is 4.79 Å². The summed E-state index contributed by atoms with van der Waals surface area (Å²) in [7, 11) is 0. The lowest BCUT2D eigenvalue weighted by molar-refractivity contribution is -0.149. The highest BCUT2D eigenvalue weighted by Gasteiger charge is 2.11. The Kier molecular flexibility index (Phi) is 21.0. The molecule has 1 atom stereocenters. The minimum absolute atomic E-state index is 0.00419. The van der Waals surface area contributed by atoms with Crippen LogP contribution in [0.25, 0.3) is 0 Å². The molecule has 2 heteroatoms. The van der Waals surface area contributed by atoms with Gasteiger partial charge in [0.05, 0.1) is 0 Å². The molecule has 0 spiro atoms. The van der Waals surface area contributed by atoms with Crippen molar-refractivity contribution in [2.24, 2.45) is 0 Å². The van der Waals surface area contributed by atoms with Gasteiger partial charge in [0.25, 0.3) is 0 Å². The number of carbonyl (C=O) groups is 1. The van der Waals surface area contributed by atoms with Crippen LogP contribution in [0.5, 0.6) is 0 Å². The molecule has 0 saturated carbocycles. The molecule has 28 heavy (non-hydrogen) atoms. The van der Waals surface area contributed by atoms with Gasteiger partial charge in [-0.25, -0.2) is 0 Å². The van der Waals surface area contributed by atoms with Crippen LogP contribution in [0.15, 0.2) is 36.5 Å². The highest BCUT2D eigenvalue weighted by molar-refractivity contribution is 5.69. The lowest BCUT2D eigenvalue weighted by Gasteiger charge is -2.16. The van der Waals surface area contributed by atoms with E-state index in [-0.39, 0.29) is 12.1 Å². The van der Waals surface area contributed by atoms with Gasteiger partial charge in [-0.15, -0.1) is 0 Å². The Morgan fingerprint density at radius 3 is 2.07 bits per heavy atom. The molecule has 0 aromatic rings. The number of hydrogen-bond acceptors (Lipinski definition) is 2. The van der Waals surface area contributed by atoms with Crippen molar-refractivity contribution in [1.82, 2.24) is 0 Å². The zero-order valence-corrected chi connectivity index (χ0v) is 19.0. The van der Waals surface area contributed by atoms with Crippen molar-refractivity contribution in [1.29, 1.82) is 0 Å². The Labute approximate surface area is 175 Å². The van der Waals surface area contributed by atoms with Crippen molar-refractivity contribution in [3.63, 3.8) is 0 Å². The summed E-state index contributed by atoms with van der Waals surface area (Å²) in [6.45, 7) is 6.48. The van der Waals surface area contributed by atoms with Crippen LogP contribution in [0.1, 0.15) is 117 Å². The standard InChI is InChI=1S/C26H46O2/c1-4-7-9-10-11-12-13-14-15-16-17-18-19-20-22-24-26(27)28-25(6-3)23-21-8-5-2/h7,9,11-12,14-15,25H,4-6,8,10,13,16-24H2,1-3H3/b9-7-,12-11-,15-14-. The molecule has 0 aliphatic carbocycles.